The fraction of sp³-hybridized carbons (Fsp3) is 0.500. The van der Waals surface area contributed by atoms with Crippen molar-refractivity contribution in [2.24, 2.45) is 5.92 Å². The SMILES string of the molecule is N#CC(c1ccc2c(n1)CCCN2C(=O)O)C1CC1. The molecule has 1 aromatic rings. The predicted octanol–water partition coefficient (Wildman–Crippen LogP) is 2.53. The quantitative estimate of drug-likeness (QED) is 0.883. The maximum absolute atomic E-state index is 11.2. The van der Waals surface area contributed by atoms with Crippen molar-refractivity contribution >= 4 is 11.8 Å². The van der Waals surface area contributed by atoms with Crippen molar-refractivity contribution < 1.29 is 9.90 Å². The van der Waals surface area contributed by atoms with Gasteiger partial charge >= 0.3 is 6.09 Å². The Labute approximate surface area is 111 Å². The van der Waals surface area contributed by atoms with Gasteiger partial charge in [-0.2, -0.15) is 5.26 Å². The number of aryl methyl sites for hydroxylation is 1. The highest BCUT2D eigenvalue weighted by molar-refractivity contribution is 5.87. The van der Waals surface area contributed by atoms with Gasteiger partial charge in [0.15, 0.2) is 0 Å². The molecule has 0 bridgehead atoms. The van der Waals surface area contributed by atoms with E-state index in [1.165, 1.54) is 4.90 Å². The number of hydrogen-bond acceptors (Lipinski definition) is 3. The van der Waals surface area contributed by atoms with Crippen LogP contribution in [0.1, 0.15) is 36.6 Å². The highest BCUT2D eigenvalue weighted by Gasteiger charge is 2.34. The second-order valence-corrected chi connectivity index (χ2v) is 5.18. The van der Waals surface area contributed by atoms with Crippen LogP contribution in [0.3, 0.4) is 0 Å². The van der Waals surface area contributed by atoms with E-state index >= 15 is 0 Å². The predicted molar refractivity (Wildman–Crippen MR) is 69.0 cm³/mol. The van der Waals surface area contributed by atoms with Crippen molar-refractivity contribution in [1.82, 2.24) is 4.98 Å². The number of nitriles is 1. The first-order chi connectivity index (χ1) is 9.20. The Balaban J connectivity index is 1.95. The summed E-state index contributed by atoms with van der Waals surface area (Å²) in [5, 5.41) is 18.4. The lowest BCUT2D eigenvalue weighted by Crippen LogP contribution is -2.34. The first-order valence-corrected chi connectivity index (χ1v) is 6.60. The van der Waals surface area contributed by atoms with Crippen molar-refractivity contribution in [3.8, 4) is 6.07 Å². The fourth-order valence-corrected chi connectivity index (χ4v) is 2.68. The van der Waals surface area contributed by atoms with Gasteiger partial charge in [-0.3, -0.25) is 9.88 Å². The van der Waals surface area contributed by atoms with Crippen LogP contribution >= 0.6 is 0 Å². The largest absolute Gasteiger partial charge is 0.465 e. The topological polar surface area (TPSA) is 77.2 Å². The molecule has 2 aliphatic rings. The minimum absolute atomic E-state index is 0.134. The molecule has 0 radical (unpaired) electrons. The van der Waals surface area contributed by atoms with Crippen molar-refractivity contribution in [3.63, 3.8) is 0 Å². The Bertz CT molecular complexity index is 560. The van der Waals surface area contributed by atoms with Crippen LogP contribution < -0.4 is 4.90 Å². The molecule has 19 heavy (non-hydrogen) atoms. The Morgan fingerprint density at radius 3 is 2.95 bits per heavy atom. The van der Waals surface area contributed by atoms with Gasteiger partial charge in [0, 0.05) is 6.54 Å². The average molecular weight is 257 g/mol. The number of amides is 1. The molecule has 1 atom stereocenters. The van der Waals surface area contributed by atoms with Gasteiger partial charge < -0.3 is 5.11 Å². The Morgan fingerprint density at radius 1 is 1.53 bits per heavy atom. The Hall–Kier alpha value is -2.09. The molecule has 5 heteroatoms. The summed E-state index contributed by atoms with van der Waals surface area (Å²) in [5.41, 5.74) is 2.29. The number of fused-ring (bicyclic) bond motifs is 1. The molecule has 2 heterocycles. The van der Waals surface area contributed by atoms with Crippen LogP contribution in [-0.4, -0.2) is 22.7 Å². The highest BCUT2D eigenvalue weighted by Crippen LogP contribution is 2.42. The maximum atomic E-state index is 11.2. The molecule has 1 N–H and O–H groups in total. The minimum Gasteiger partial charge on any atom is -0.465 e. The smallest absolute Gasteiger partial charge is 0.411 e. The van der Waals surface area contributed by atoms with E-state index < -0.39 is 6.09 Å². The van der Waals surface area contributed by atoms with Crippen molar-refractivity contribution in [2.45, 2.75) is 31.6 Å². The van der Waals surface area contributed by atoms with Crippen LogP contribution in [0.5, 0.6) is 0 Å². The van der Waals surface area contributed by atoms with Crippen molar-refractivity contribution in [3.05, 3.63) is 23.5 Å². The van der Waals surface area contributed by atoms with Gasteiger partial charge in [0.05, 0.1) is 29.1 Å². The van der Waals surface area contributed by atoms with E-state index in [-0.39, 0.29) is 5.92 Å². The first kappa shape index (κ1) is 12.0. The number of hydrogen-bond donors (Lipinski definition) is 1. The van der Waals surface area contributed by atoms with Crippen LogP contribution in [0.15, 0.2) is 12.1 Å². The molecule has 0 aromatic carbocycles. The summed E-state index contributed by atoms with van der Waals surface area (Å²) in [7, 11) is 0. The maximum Gasteiger partial charge on any atom is 0.411 e. The summed E-state index contributed by atoms with van der Waals surface area (Å²) in [6, 6.07) is 5.94. The molecule has 0 saturated heterocycles. The van der Waals surface area contributed by atoms with E-state index in [1.54, 1.807) is 6.07 Å². The second kappa shape index (κ2) is 4.54. The molecule has 98 valence electrons. The van der Waals surface area contributed by atoms with Crippen LogP contribution in [0.25, 0.3) is 0 Å². The molecule has 1 saturated carbocycles. The summed E-state index contributed by atoms with van der Waals surface area (Å²) in [4.78, 5) is 17.0. The fourth-order valence-electron chi connectivity index (χ4n) is 2.68. The summed E-state index contributed by atoms with van der Waals surface area (Å²) >= 11 is 0. The first-order valence-electron chi connectivity index (χ1n) is 6.60. The molecule has 1 aliphatic heterocycles. The van der Waals surface area contributed by atoms with Crippen LogP contribution in [-0.2, 0) is 6.42 Å². The lowest BCUT2D eigenvalue weighted by molar-refractivity contribution is 0.201. The standard InChI is InChI=1S/C14H15N3O2/c15-8-10(9-3-4-9)11-5-6-13-12(16-11)2-1-7-17(13)14(18)19/h5-6,9-10H,1-4,7H2,(H,18,19). The monoisotopic (exact) mass is 257 g/mol. The van der Waals surface area contributed by atoms with Gasteiger partial charge in [0.25, 0.3) is 0 Å². The third-order valence-electron chi connectivity index (χ3n) is 3.84. The van der Waals surface area contributed by atoms with Crippen molar-refractivity contribution in [2.75, 3.05) is 11.4 Å². The number of rotatable bonds is 2. The Morgan fingerprint density at radius 2 is 2.32 bits per heavy atom. The van der Waals surface area contributed by atoms with E-state index in [0.29, 0.717) is 18.2 Å². The lowest BCUT2D eigenvalue weighted by atomic mass is 9.99. The molecule has 1 aromatic heterocycles. The molecule has 0 spiro atoms. The van der Waals surface area contributed by atoms with E-state index in [0.717, 1.165) is 37.1 Å². The third kappa shape index (κ3) is 2.14. The van der Waals surface area contributed by atoms with E-state index in [2.05, 4.69) is 11.1 Å². The molecular formula is C14H15N3O2. The molecule has 1 amide bonds. The Kier molecular flexibility index (Phi) is 2.86. The van der Waals surface area contributed by atoms with Gasteiger partial charge in [-0.1, -0.05) is 0 Å². The van der Waals surface area contributed by atoms with Crippen LogP contribution in [0.2, 0.25) is 0 Å². The molecular weight excluding hydrogens is 242 g/mol. The van der Waals surface area contributed by atoms with Gasteiger partial charge in [-0.25, -0.2) is 4.79 Å². The number of anilines is 1. The summed E-state index contributed by atoms with van der Waals surface area (Å²) in [5.74, 6) is 0.306. The number of carboxylic acid groups (broad SMARTS) is 1. The van der Waals surface area contributed by atoms with E-state index in [4.69, 9.17) is 5.11 Å². The van der Waals surface area contributed by atoms with E-state index in [9.17, 15) is 10.1 Å². The average Bonchev–Trinajstić information content (AvgIpc) is 3.23. The molecule has 1 aliphatic carbocycles. The zero-order chi connectivity index (χ0) is 13.4. The number of nitrogens with zero attached hydrogens (tertiary/aromatic N) is 3. The van der Waals surface area contributed by atoms with Gasteiger partial charge in [0.2, 0.25) is 0 Å². The third-order valence-corrected chi connectivity index (χ3v) is 3.84. The summed E-state index contributed by atoms with van der Waals surface area (Å²) < 4.78 is 0. The number of carbonyl (C=O) groups is 1. The zero-order valence-corrected chi connectivity index (χ0v) is 10.5. The number of aromatic nitrogens is 1. The summed E-state index contributed by atoms with van der Waals surface area (Å²) in [6.45, 7) is 0.521. The molecule has 1 unspecified atom stereocenters. The normalized spacial score (nSPS) is 19.4. The lowest BCUT2D eigenvalue weighted by Gasteiger charge is -2.26. The van der Waals surface area contributed by atoms with Crippen LogP contribution in [0, 0.1) is 17.2 Å². The minimum atomic E-state index is -0.936. The number of pyridine rings is 1. The van der Waals surface area contributed by atoms with Crippen molar-refractivity contribution in [1.29, 1.82) is 5.26 Å². The second-order valence-electron chi connectivity index (χ2n) is 5.18. The van der Waals surface area contributed by atoms with E-state index in [1.807, 2.05) is 6.07 Å². The zero-order valence-electron chi connectivity index (χ0n) is 10.5. The van der Waals surface area contributed by atoms with Gasteiger partial charge in [-0.05, 0) is 43.7 Å². The molecule has 1 fully saturated rings. The highest BCUT2D eigenvalue weighted by atomic mass is 16.4. The van der Waals surface area contributed by atoms with Crippen LogP contribution in [0.4, 0.5) is 10.5 Å². The molecule has 5 nitrogen and oxygen atoms in total. The van der Waals surface area contributed by atoms with Gasteiger partial charge in [-0.15, -0.1) is 0 Å². The molecule has 3 rings (SSSR count). The summed E-state index contributed by atoms with van der Waals surface area (Å²) in [6.07, 6.45) is 2.83. The van der Waals surface area contributed by atoms with Gasteiger partial charge in [0.1, 0.15) is 0 Å².